The van der Waals surface area contributed by atoms with Crippen molar-refractivity contribution in [3.63, 3.8) is 0 Å². The predicted molar refractivity (Wildman–Crippen MR) is 130 cm³/mol. The van der Waals surface area contributed by atoms with Gasteiger partial charge in [0.2, 0.25) is 12.7 Å². The van der Waals surface area contributed by atoms with Crippen LogP contribution in [-0.2, 0) is 14.3 Å². The van der Waals surface area contributed by atoms with Gasteiger partial charge in [0.15, 0.2) is 11.5 Å². The van der Waals surface area contributed by atoms with Gasteiger partial charge >= 0.3 is 0 Å². The smallest absolute Gasteiger partial charge is 0.294 e. The first kappa shape index (κ1) is 23.6. The number of nitro benzene ring substituents is 1. The van der Waals surface area contributed by atoms with Crippen LogP contribution in [0.2, 0.25) is 0 Å². The zero-order chi connectivity index (χ0) is 25.2. The fourth-order valence-electron chi connectivity index (χ4n) is 3.95. The average Bonchev–Trinajstić information content (AvgIpc) is 3.44. The number of hydrogen-bond acceptors (Lipinski definition) is 10. The summed E-state index contributed by atoms with van der Waals surface area (Å²) in [6, 6.07) is 9.49. The summed E-state index contributed by atoms with van der Waals surface area (Å²) in [6.07, 6.45) is 1.41. The van der Waals surface area contributed by atoms with E-state index in [-0.39, 0.29) is 17.4 Å². The minimum atomic E-state index is -0.647. The van der Waals surface area contributed by atoms with Crippen LogP contribution in [0.4, 0.5) is 21.9 Å². The third-order valence-corrected chi connectivity index (χ3v) is 6.58. The standard InChI is InChI=1S/C23H20N4O8S/c28-21(24-15-2-4-18-19(11-15)35-13-34-18)12-26-22(29)20(36-23(26)30)10-14-1-3-16(17(9-14)27(31)32)25-5-7-33-8-6-25/h1-4,9-11H,5-8,12-13H2,(H,24,28)/b20-10-. The van der Waals surface area contributed by atoms with E-state index in [4.69, 9.17) is 14.2 Å². The molecular weight excluding hydrogens is 492 g/mol. The molecule has 36 heavy (non-hydrogen) atoms. The number of nitro groups is 1. The van der Waals surface area contributed by atoms with Crippen molar-refractivity contribution in [2.24, 2.45) is 0 Å². The van der Waals surface area contributed by atoms with Crippen LogP contribution in [0.5, 0.6) is 11.5 Å². The lowest BCUT2D eigenvalue weighted by Gasteiger charge is -2.28. The van der Waals surface area contributed by atoms with Crippen LogP contribution < -0.4 is 19.7 Å². The molecule has 0 unspecified atom stereocenters. The molecule has 2 fully saturated rings. The number of carbonyl (C=O) groups excluding carboxylic acids is 3. The number of ether oxygens (including phenoxy) is 3. The molecule has 13 heteroatoms. The first-order valence-corrected chi connectivity index (χ1v) is 11.8. The van der Waals surface area contributed by atoms with E-state index >= 15 is 0 Å². The first-order chi connectivity index (χ1) is 17.4. The SMILES string of the molecule is O=C(CN1C(=O)S/C(=C\c2ccc(N3CCOCC3)c([N+](=O)[O-])c2)C1=O)Nc1ccc2c(c1)OCO2. The second-order valence-electron chi connectivity index (χ2n) is 7.99. The fraction of sp³-hybridized carbons (Fsp3) is 0.261. The highest BCUT2D eigenvalue weighted by Gasteiger charge is 2.36. The summed E-state index contributed by atoms with van der Waals surface area (Å²) in [5.74, 6) is -0.174. The largest absolute Gasteiger partial charge is 0.454 e. The zero-order valence-corrected chi connectivity index (χ0v) is 19.6. The summed E-state index contributed by atoms with van der Waals surface area (Å²) in [7, 11) is 0. The number of benzene rings is 2. The van der Waals surface area contributed by atoms with E-state index in [0.29, 0.717) is 66.5 Å². The highest BCUT2D eigenvalue weighted by molar-refractivity contribution is 8.18. The Bertz CT molecular complexity index is 1290. The Kier molecular flexibility index (Phi) is 6.48. The molecule has 2 saturated heterocycles. The number of rotatable bonds is 6. The van der Waals surface area contributed by atoms with Crippen molar-refractivity contribution in [2.75, 3.05) is 49.9 Å². The molecule has 3 aliphatic heterocycles. The van der Waals surface area contributed by atoms with Crippen molar-refractivity contribution in [3.05, 3.63) is 57.0 Å². The molecule has 0 aliphatic carbocycles. The van der Waals surface area contributed by atoms with Crippen LogP contribution in [0.1, 0.15) is 5.56 Å². The molecule has 0 aromatic heterocycles. The Balaban J connectivity index is 1.29. The molecule has 5 rings (SSSR count). The Morgan fingerprint density at radius 3 is 2.67 bits per heavy atom. The number of thioether (sulfide) groups is 1. The van der Waals surface area contributed by atoms with Crippen LogP contribution >= 0.6 is 11.8 Å². The third kappa shape index (κ3) is 4.83. The molecule has 0 saturated carbocycles. The molecule has 12 nitrogen and oxygen atoms in total. The normalized spacial score (nSPS) is 18.2. The van der Waals surface area contributed by atoms with Crippen LogP contribution in [0, 0.1) is 10.1 Å². The number of imide groups is 1. The van der Waals surface area contributed by atoms with Gasteiger partial charge in [-0.25, -0.2) is 0 Å². The van der Waals surface area contributed by atoms with E-state index in [1.165, 1.54) is 12.1 Å². The maximum atomic E-state index is 12.8. The second-order valence-corrected chi connectivity index (χ2v) is 8.98. The van der Waals surface area contributed by atoms with Gasteiger partial charge in [0.25, 0.3) is 16.8 Å². The lowest BCUT2D eigenvalue weighted by molar-refractivity contribution is -0.384. The molecule has 186 valence electrons. The van der Waals surface area contributed by atoms with Crippen molar-refractivity contribution >= 4 is 52.0 Å². The molecule has 3 aliphatic rings. The Hall–Kier alpha value is -4.10. The van der Waals surface area contributed by atoms with Gasteiger partial charge in [-0.05, 0) is 41.6 Å². The number of nitrogens with one attached hydrogen (secondary N) is 1. The molecule has 1 N–H and O–H groups in total. The molecular formula is C23H20N4O8S. The average molecular weight is 513 g/mol. The van der Waals surface area contributed by atoms with Crippen LogP contribution in [0.3, 0.4) is 0 Å². The Morgan fingerprint density at radius 1 is 1.11 bits per heavy atom. The molecule has 2 aromatic carbocycles. The Labute approximate surface area is 208 Å². The zero-order valence-electron chi connectivity index (χ0n) is 18.8. The lowest BCUT2D eigenvalue weighted by Crippen LogP contribution is -2.36. The predicted octanol–water partition coefficient (Wildman–Crippen LogP) is 2.84. The van der Waals surface area contributed by atoms with Crippen LogP contribution in [-0.4, -0.2) is 66.5 Å². The van der Waals surface area contributed by atoms with E-state index in [0.717, 1.165) is 4.90 Å². The Morgan fingerprint density at radius 2 is 1.89 bits per heavy atom. The maximum absolute atomic E-state index is 12.8. The van der Waals surface area contributed by atoms with Gasteiger partial charge < -0.3 is 24.4 Å². The molecule has 0 atom stereocenters. The van der Waals surface area contributed by atoms with Gasteiger partial charge in [-0.2, -0.15) is 0 Å². The van der Waals surface area contributed by atoms with Crippen molar-refractivity contribution < 1.29 is 33.5 Å². The van der Waals surface area contributed by atoms with E-state index in [2.05, 4.69) is 5.32 Å². The van der Waals surface area contributed by atoms with Crippen molar-refractivity contribution in [3.8, 4) is 11.5 Å². The molecule has 0 radical (unpaired) electrons. The summed E-state index contributed by atoms with van der Waals surface area (Å²) in [6.45, 7) is 1.64. The maximum Gasteiger partial charge on any atom is 0.294 e. The fourth-order valence-corrected chi connectivity index (χ4v) is 4.79. The molecule has 0 bridgehead atoms. The summed E-state index contributed by atoms with van der Waals surface area (Å²) in [5.41, 5.74) is 1.19. The van der Waals surface area contributed by atoms with E-state index in [9.17, 15) is 24.5 Å². The molecule has 0 spiro atoms. The number of carbonyl (C=O) groups is 3. The number of fused-ring (bicyclic) bond motifs is 1. The van der Waals surface area contributed by atoms with Crippen LogP contribution in [0.15, 0.2) is 41.3 Å². The van der Waals surface area contributed by atoms with Crippen molar-refractivity contribution in [2.45, 2.75) is 0 Å². The van der Waals surface area contributed by atoms with Gasteiger partial charge in [0.1, 0.15) is 12.2 Å². The lowest BCUT2D eigenvalue weighted by atomic mass is 10.1. The summed E-state index contributed by atoms with van der Waals surface area (Å²) in [4.78, 5) is 51.8. The highest BCUT2D eigenvalue weighted by Crippen LogP contribution is 2.36. The topological polar surface area (TPSA) is 141 Å². The van der Waals surface area contributed by atoms with Gasteiger partial charge in [-0.1, -0.05) is 6.07 Å². The van der Waals surface area contributed by atoms with E-state index in [1.807, 2.05) is 4.90 Å². The summed E-state index contributed by atoms with van der Waals surface area (Å²) >= 11 is 0.673. The van der Waals surface area contributed by atoms with Gasteiger partial charge in [0.05, 0.1) is 23.0 Å². The molecule has 3 heterocycles. The number of nitrogens with zero attached hydrogens (tertiary/aromatic N) is 3. The minimum absolute atomic E-state index is 0.0734. The number of hydrogen-bond donors (Lipinski definition) is 1. The van der Waals surface area contributed by atoms with Crippen molar-refractivity contribution in [1.29, 1.82) is 0 Å². The van der Waals surface area contributed by atoms with E-state index < -0.39 is 28.5 Å². The molecule has 2 aromatic rings. The van der Waals surface area contributed by atoms with E-state index in [1.54, 1.807) is 30.3 Å². The minimum Gasteiger partial charge on any atom is -0.454 e. The third-order valence-electron chi connectivity index (χ3n) is 5.68. The number of amides is 3. The molecule has 3 amide bonds. The van der Waals surface area contributed by atoms with Crippen molar-refractivity contribution in [1.82, 2.24) is 4.90 Å². The number of anilines is 2. The summed E-state index contributed by atoms with van der Waals surface area (Å²) < 4.78 is 15.8. The van der Waals surface area contributed by atoms with Gasteiger partial charge in [-0.3, -0.25) is 29.4 Å². The van der Waals surface area contributed by atoms with Crippen LogP contribution in [0.25, 0.3) is 6.08 Å². The first-order valence-electron chi connectivity index (χ1n) is 10.9. The summed E-state index contributed by atoms with van der Waals surface area (Å²) in [5, 5.41) is 13.7. The number of morpholine rings is 1. The highest BCUT2D eigenvalue weighted by atomic mass is 32.2. The van der Waals surface area contributed by atoms with Gasteiger partial charge in [0, 0.05) is 30.9 Å². The van der Waals surface area contributed by atoms with Gasteiger partial charge in [-0.15, -0.1) is 0 Å². The second kappa shape index (κ2) is 9.87. The monoisotopic (exact) mass is 512 g/mol. The quantitative estimate of drug-likeness (QED) is 0.349.